The Balaban J connectivity index is 2.43. The molecule has 0 fully saturated rings. The van der Waals surface area contributed by atoms with Gasteiger partial charge in [-0.2, -0.15) is 0 Å². The Bertz CT molecular complexity index is 452. The summed E-state index contributed by atoms with van der Waals surface area (Å²) in [5.41, 5.74) is 0.822. The Labute approximate surface area is 109 Å². The van der Waals surface area contributed by atoms with Crippen molar-refractivity contribution in [2.24, 2.45) is 5.41 Å². The van der Waals surface area contributed by atoms with Crippen LogP contribution in [0.3, 0.4) is 0 Å². The highest BCUT2D eigenvalue weighted by Gasteiger charge is 2.31. The fourth-order valence-corrected chi connectivity index (χ4v) is 2.66. The van der Waals surface area contributed by atoms with Gasteiger partial charge in [0.1, 0.15) is 11.6 Å². The van der Waals surface area contributed by atoms with E-state index in [0.29, 0.717) is 17.7 Å². The van der Waals surface area contributed by atoms with E-state index in [1.165, 1.54) is 6.07 Å². The van der Waals surface area contributed by atoms with E-state index < -0.39 is 0 Å². The average molecular weight is 304 g/mol. The largest absolute Gasteiger partial charge is 0.379 e. The quantitative estimate of drug-likeness (QED) is 0.696. The smallest absolute Gasteiger partial charge is 0.147 e. The van der Waals surface area contributed by atoms with Gasteiger partial charge in [0, 0.05) is 11.6 Å². The normalized spacial score (nSPS) is 19.8. The number of anilines is 1. The maximum atomic E-state index is 13.8. The van der Waals surface area contributed by atoms with Crippen LogP contribution in [0.5, 0.6) is 0 Å². The van der Waals surface area contributed by atoms with Gasteiger partial charge in [-0.25, -0.2) is 8.78 Å². The van der Waals surface area contributed by atoms with Crippen LogP contribution in [0.25, 0.3) is 0 Å². The third-order valence-corrected chi connectivity index (χ3v) is 3.89. The fraction of sp³-hybridized carbons (Fsp3) is 0.538. The minimum atomic E-state index is -0.387. The van der Waals surface area contributed by atoms with E-state index >= 15 is 0 Å². The second-order valence-electron chi connectivity index (χ2n) is 5.61. The molecular weight excluding hydrogens is 288 g/mol. The minimum absolute atomic E-state index is 0.0354. The van der Waals surface area contributed by atoms with Crippen LogP contribution in [0, 0.1) is 17.0 Å². The summed E-state index contributed by atoms with van der Waals surface area (Å²) in [7, 11) is 0. The molecule has 0 saturated heterocycles. The lowest BCUT2D eigenvalue weighted by atomic mass is 9.81. The Morgan fingerprint density at radius 2 is 2.00 bits per heavy atom. The number of rotatable bonds is 0. The summed E-state index contributed by atoms with van der Waals surface area (Å²) in [5, 5.41) is 3.14. The van der Waals surface area contributed by atoms with Crippen molar-refractivity contribution >= 4 is 21.6 Å². The molecule has 1 nitrogen and oxygen atoms in total. The average Bonchev–Trinajstić information content (AvgIpc) is 2.24. The van der Waals surface area contributed by atoms with E-state index in [1.54, 1.807) is 0 Å². The van der Waals surface area contributed by atoms with Crippen LogP contribution in [-0.2, 0) is 6.42 Å². The van der Waals surface area contributed by atoms with Crippen LogP contribution in [0.15, 0.2) is 10.5 Å². The summed E-state index contributed by atoms with van der Waals surface area (Å²) in [6.45, 7) is 6.30. The van der Waals surface area contributed by atoms with E-state index in [0.717, 1.165) is 6.42 Å². The van der Waals surface area contributed by atoms with Crippen LogP contribution < -0.4 is 5.32 Å². The molecule has 0 bridgehead atoms. The molecule has 94 valence electrons. The Morgan fingerprint density at radius 1 is 1.35 bits per heavy atom. The minimum Gasteiger partial charge on any atom is -0.379 e. The van der Waals surface area contributed by atoms with Gasteiger partial charge in [-0.15, -0.1) is 0 Å². The topological polar surface area (TPSA) is 12.0 Å². The number of benzene rings is 1. The first kappa shape index (κ1) is 12.8. The first-order valence-corrected chi connectivity index (χ1v) is 6.53. The standard InChI is InChI=1S/C13H16BrF2N/c1-13(2,3)10-5-4-7-11(16)8(14)6-9(15)12(7)17-10/h6,10,17H,4-5H2,1-3H3. The van der Waals surface area contributed by atoms with E-state index in [9.17, 15) is 8.78 Å². The molecule has 4 heteroatoms. The van der Waals surface area contributed by atoms with Crippen molar-refractivity contribution < 1.29 is 8.78 Å². The van der Waals surface area contributed by atoms with Gasteiger partial charge in [0.2, 0.25) is 0 Å². The zero-order chi connectivity index (χ0) is 12.8. The Hall–Kier alpha value is -0.640. The number of fused-ring (bicyclic) bond motifs is 1. The van der Waals surface area contributed by atoms with E-state index in [2.05, 4.69) is 42.0 Å². The van der Waals surface area contributed by atoms with E-state index in [4.69, 9.17) is 0 Å². The van der Waals surface area contributed by atoms with Crippen molar-refractivity contribution in [3.63, 3.8) is 0 Å². The molecule has 0 saturated carbocycles. The molecule has 1 aliphatic rings. The lowest BCUT2D eigenvalue weighted by molar-refractivity contribution is 0.317. The highest BCUT2D eigenvalue weighted by Crippen LogP contribution is 2.37. The van der Waals surface area contributed by atoms with Crippen LogP contribution in [0.1, 0.15) is 32.8 Å². The first-order chi connectivity index (χ1) is 7.80. The van der Waals surface area contributed by atoms with E-state index in [1.807, 2.05) is 0 Å². The summed E-state index contributed by atoms with van der Waals surface area (Å²) in [5.74, 6) is -0.733. The van der Waals surface area contributed by atoms with Gasteiger partial charge < -0.3 is 5.32 Å². The van der Waals surface area contributed by atoms with Crippen molar-refractivity contribution in [1.29, 1.82) is 0 Å². The Morgan fingerprint density at radius 3 is 2.59 bits per heavy atom. The van der Waals surface area contributed by atoms with Gasteiger partial charge >= 0.3 is 0 Å². The molecule has 1 aromatic carbocycles. The summed E-state index contributed by atoms with van der Waals surface area (Å²) < 4.78 is 27.8. The third-order valence-electron chi connectivity index (χ3n) is 3.32. The Kier molecular flexibility index (Phi) is 3.19. The second-order valence-corrected chi connectivity index (χ2v) is 6.46. The second kappa shape index (κ2) is 4.23. The van der Waals surface area contributed by atoms with Crippen molar-refractivity contribution in [2.45, 2.75) is 39.7 Å². The SMILES string of the molecule is CC(C)(C)C1CCc2c(F)c(Br)cc(F)c2N1. The summed E-state index contributed by atoms with van der Waals surface area (Å²) >= 11 is 3.04. The molecule has 1 atom stereocenters. The maximum Gasteiger partial charge on any atom is 0.147 e. The van der Waals surface area contributed by atoms with Gasteiger partial charge in [0.05, 0.1) is 10.2 Å². The van der Waals surface area contributed by atoms with E-state index in [-0.39, 0.29) is 27.6 Å². The predicted molar refractivity (Wildman–Crippen MR) is 69.2 cm³/mol. The molecule has 0 radical (unpaired) electrons. The number of hydrogen-bond donors (Lipinski definition) is 1. The number of hydrogen-bond acceptors (Lipinski definition) is 1. The molecule has 2 rings (SSSR count). The molecule has 0 aliphatic carbocycles. The molecule has 0 spiro atoms. The molecule has 1 aliphatic heterocycles. The van der Waals surface area contributed by atoms with Crippen molar-refractivity contribution in [3.05, 3.63) is 27.7 Å². The molecule has 1 aromatic rings. The van der Waals surface area contributed by atoms with Gasteiger partial charge in [0.15, 0.2) is 0 Å². The number of nitrogens with one attached hydrogen (secondary N) is 1. The third kappa shape index (κ3) is 2.32. The molecule has 1 unspecified atom stereocenters. The highest BCUT2D eigenvalue weighted by atomic mass is 79.9. The van der Waals surface area contributed by atoms with Gasteiger partial charge in [-0.05, 0) is 40.3 Å². The molecule has 0 amide bonds. The van der Waals surface area contributed by atoms with Crippen LogP contribution in [0.2, 0.25) is 0 Å². The van der Waals surface area contributed by atoms with Crippen molar-refractivity contribution in [2.75, 3.05) is 5.32 Å². The van der Waals surface area contributed by atoms with Crippen LogP contribution in [-0.4, -0.2) is 6.04 Å². The molecule has 1 N–H and O–H groups in total. The van der Waals surface area contributed by atoms with Crippen LogP contribution in [0.4, 0.5) is 14.5 Å². The number of halogens is 3. The predicted octanol–water partition coefficient (Wildman–Crippen LogP) is 4.50. The molecule has 17 heavy (non-hydrogen) atoms. The fourth-order valence-electron chi connectivity index (χ4n) is 2.22. The van der Waals surface area contributed by atoms with Crippen LogP contribution >= 0.6 is 15.9 Å². The molecule has 1 heterocycles. The zero-order valence-corrected chi connectivity index (χ0v) is 11.8. The summed E-state index contributed by atoms with van der Waals surface area (Å²) in [6.07, 6.45) is 1.40. The zero-order valence-electron chi connectivity index (χ0n) is 10.2. The van der Waals surface area contributed by atoms with Gasteiger partial charge in [-0.3, -0.25) is 0 Å². The summed E-state index contributed by atoms with van der Waals surface area (Å²) in [6, 6.07) is 1.36. The molecular formula is C13H16BrF2N. The maximum absolute atomic E-state index is 13.8. The monoisotopic (exact) mass is 303 g/mol. The first-order valence-electron chi connectivity index (χ1n) is 5.73. The van der Waals surface area contributed by atoms with Gasteiger partial charge in [0.25, 0.3) is 0 Å². The molecule has 0 aromatic heterocycles. The van der Waals surface area contributed by atoms with Crippen molar-refractivity contribution in [3.8, 4) is 0 Å². The van der Waals surface area contributed by atoms with Gasteiger partial charge in [-0.1, -0.05) is 20.8 Å². The highest BCUT2D eigenvalue weighted by molar-refractivity contribution is 9.10. The summed E-state index contributed by atoms with van der Waals surface area (Å²) in [4.78, 5) is 0. The van der Waals surface area contributed by atoms with Crippen molar-refractivity contribution in [1.82, 2.24) is 0 Å². The lowest BCUT2D eigenvalue weighted by Gasteiger charge is -2.36. The lowest BCUT2D eigenvalue weighted by Crippen LogP contribution is -2.38.